The molecule has 1 heterocycles. The van der Waals surface area contributed by atoms with Crippen LogP contribution in [0.2, 0.25) is 0 Å². The van der Waals surface area contributed by atoms with E-state index in [2.05, 4.69) is 5.32 Å². The Morgan fingerprint density at radius 3 is 2.89 bits per heavy atom. The molecular formula is C12H15ClFNO3. The Morgan fingerprint density at radius 2 is 2.33 bits per heavy atom. The summed E-state index contributed by atoms with van der Waals surface area (Å²) >= 11 is 5.46. The zero-order chi connectivity index (χ0) is 13.0. The van der Waals surface area contributed by atoms with Crippen molar-refractivity contribution in [3.05, 3.63) is 24.0 Å². The SMILES string of the molecule is OC(CCl)CNc1ccc(OC2COC2)c(F)c1. The summed E-state index contributed by atoms with van der Waals surface area (Å²) in [5.74, 6) is -0.0859. The first-order chi connectivity index (χ1) is 8.69. The highest BCUT2D eigenvalue weighted by Gasteiger charge is 2.21. The predicted octanol–water partition coefficient (Wildman–Crippen LogP) is 1.61. The van der Waals surface area contributed by atoms with Crippen LogP contribution in [0.4, 0.5) is 10.1 Å². The summed E-state index contributed by atoms with van der Waals surface area (Å²) < 4.78 is 24.0. The van der Waals surface area contributed by atoms with Crippen LogP contribution in [-0.2, 0) is 4.74 Å². The van der Waals surface area contributed by atoms with E-state index in [4.69, 9.17) is 21.1 Å². The number of anilines is 1. The number of hydrogen-bond donors (Lipinski definition) is 2. The molecule has 1 unspecified atom stereocenters. The number of aliphatic hydroxyl groups excluding tert-OH is 1. The molecule has 0 bridgehead atoms. The molecule has 0 saturated carbocycles. The van der Waals surface area contributed by atoms with E-state index in [0.29, 0.717) is 18.9 Å². The Labute approximate surface area is 110 Å². The van der Waals surface area contributed by atoms with Gasteiger partial charge in [-0.1, -0.05) is 0 Å². The maximum absolute atomic E-state index is 13.7. The van der Waals surface area contributed by atoms with Crippen LogP contribution < -0.4 is 10.1 Å². The van der Waals surface area contributed by atoms with Crippen molar-refractivity contribution in [2.75, 3.05) is 31.0 Å². The minimum atomic E-state index is -0.655. The lowest BCUT2D eigenvalue weighted by Crippen LogP contribution is -2.38. The van der Waals surface area contributed by atoms with Crippen LogP contribution in [0.5, 0.6) is 5.75 Å². The second kappa shape index (κ2) is 6.22. The molecule has 18 heavy (non-hydrogen) atoms. The molecule has 1 atom stereocenters. The number of alkyl halides is 1. The van der Waals surface area contributed by atoms with Gasteiger partial charge < -0.3 is 19.9 Å². The van der Waals surface area contributed by atoms with Crippen LogP contribution in [0.1, 0.15) is 0 Å². The fraction of sp³-hybridized carbons (Fsp3) is 0.500. The fourth-order valence-corrected chi connectivity index (χ4v) is 1.57. The molecule has 1 aliphatic heterocycles. The van der Waals surface area contributed by atoms with Crippen LogP contribution in [-0.4, -0.2) is 43.0 Å². The van der Waals surface area contributed by atoms with E-state index in [9.17, 15) is 9.50 Å². The number of halogens is 2. The van der Waals surface area contributed by atoms with E-state index in [1.807, 2.05) is 0 Å². The summed E-state index contributed by atoms with van der Waals surface area (Å²) in [6, 6.07) is 4.58. The van der Waals surface area contributed by atoms with Gasteiger partial charge in [-0.3, -0.25) is 0 Å². The lowest BCUT2D eigenvalue weighted by Gasteiger charge is -2.26. The van der Waals surface area contributed by atoms with Crippen LogP contribution in [0, 0.1) is 5.82 Å². The van der Waals surface area contributed by atoms with Crippen molar-refractivity contribution in [3.63, 3.8) is 0 Å². The van der Waals surface area contributed by atoms with Gasteiger partial charge in [0, 0.05) is 18.3 Å². The normalized spacial score (nSPS) is 17.1. The topological polar surface area (TPSA) is 50.7 Å². The minimum Gasteiger partial charge on any atom is -0.483 e. The molecule has 4 nitrogen and oxygen atoms in total. The Bertz CT molecular complexity index is 401. The third kappa shape index (κ3) is 3.48. The van der Waals surface area contributed by atoms with Crippen molar-refractivity contribution < 1.29 is 19.0 Å². The second-order valence-electron chi connectivity index (χ2n) is 4.11. The maximum atomic E-state index is 13.7. The highest BCUT2D eigenvalue weighted by atomic mass is 35.5. The van der Waals surface area contributed by atoms with E-state index < -0.39 is 11.9 Å². The van der Waals surface area contributed by atoms with Gasteiger partial charge in [-0.15, -0.1) is 11.6 Å². The lowest BCUT2D eigenvalue weighted by molar-refractivity contribution is -0.0808. The van der Waals surface area contributed by atoms with Gasteiger partial charge in [-0.25, -0.2) is 4.39 Å². The molecule has 1 aromatic rings. The molecule has 0 aromatic heterocycles. The zero-order valence-electron chi connectivity index (χ0n) is 9.73. The number of benzene rings is 1. The van der Waals surface area contributed by atoms with E-state index in [-0.39, 0.29) is 24.3 Å². The molecule has 1 aliphatic rings. The summed E-state index contributed by atoms with van der Waals surface area (Å²) in [5.41, 5.74) is 0.578. The molecule has 0 spiro atoms. The van der Waals surface area contributed by atoms with Crippen molar-refractivity contribution in [3.8, 4) is 5.75 Å². The van der Waals surface area contributed by atoms with Gasteiger partial charge in [0.05, 0.1) is 25.2 Å². The first kappa shape index (κ1) is 13.4. The van der Waals surface area contributed by atoms with E-state index in [1.54, 1.807) is 12.1 Å². The molecular weight excluding hydrogens is 261 g/mol. The lowest BCUT2D eigenvalue weighted by atomic mass is 10.2. The number of aliphatic hydroxyl groups is 1. The Morgan fingerprint density at radius 1 is 1.56 bits per heavy atom. The van der Waals surface area contributed by atoms with Crippen molar-refractivity contribution in [2.24, 2.45) is 0 Å². The summed E-state index contributed by atoms with van der Waals surface area (Å²) in [6.07, 6.45) is -0.714. The smallest absolute Gasteiger partial charge is 0.167 e. The highest BCUT2D eigenvalue weighted by molar-refractivity contribution is 6.18. The Balaban J connectivity index is 1.91. The molecule has 1 aromatic carbocycles. The third-order valence-corrected chi connectivity index (χ3v) is 2.91. The largest absolute Gasteiger partial charge is 0.483 e. The molecule has 6 heteroatoms. The van der Waals surface area contributed by atoms with Gasteiger partial charge in [-0.2, -0.15) is 0 Å². The van der Waals surface area contributed by atoms with Gasteiger partial charge in [0.1, 0.15) is 6.10 Å². The molecule has 2 rings (SSSR count). The van der Waals surface area contributed by atoms with Gasteiger partial charge >= 0.3 is 0 Å². The number of ether oxygens (including phenoxy) is 2. The van der Waals surface area contributed by atoms with Crippen LogP contribution in [0.3, 0.4) is 0 Å². The average molecular weight is 276 g/mol. The molecule has 0 amide bonds. The van der Waals surface area contributed by atoms with Gasteiger partial charge in [0.2, 0.25) is 0 Å². The van der Waals surface area contributed by atoms with Crippen molar-refractivity contribution in [2.45, 2.75) is 12.2 Å². The summed E-state index contributed by atoms with van der Waals surface area (Å²) in [6.45, 7) is 1.28. The average Bonchev–Trinajstić information content (AvgIpc) is 2.32. The summed E-state index contributed by atoms with van der Waals surface area (Å²) in [7, 11) is 0. The predicted molar refractivity (Wildman–Crippen MR) is 66.9 cm³/mol. The van der Waals surface area contributed by atoms with Gasteiger partial charge in [0.25, 0.3) is 0 Å². The van der Waals surface area contributed by atoms with E-state index in [0.717, 1.165) is 0 Å². The van der Waals surface area contributed by atoms with E-state index >= 15 is 0 Å². The second-order valence-corrected chi connectivity index (χ2v) is 4.42. The van der Waals surface area contributed by atoms with E-state index in [1.165, 1.54) is 6.07 Å². The van der Waals surface area contributed by atoms with Crippen molar-refractivity contribution in [1.82, 2.24) is 0 Å². The minimum absolute atomic E-state index is 0.0589. The molecule has 2 N–H and O–H groups in total. The molecule has 1 saturated heterocycles. The van der Waals surface area contributed by atoms with Crippen LogP contribution in [0.25, 0.3) is 0 Å². The molecule has 0 aliphatic carbocycles. The molecule has 0 radical (unpaired) electrons. The van der Waals surface area contributed by atoms with Gasteiger partial charge in [0.15, 0.2) is 11.6 Å². The number of rotatable bonds is 6. The maximum Gasteiger partial charge on any atom is 0.167 e. The van der Waals surface area contributed by atoms with Crippen LogP contribution in [0.15, 0.2) is 18.2 Å². The van der Waals surface area contributed by atoms with Crippen LogP contribution >= 0.6 is 11.6 Å². The quantitative estimate of drug-likeness (QED) is 0.775. The first-order valence-electron chi connectivity index (χ1n) is 5.71. The zero-order valence-corrected chi connectivity index (χ0v) is 10.5. The monoisotopic (exact) mass is 275 g/mol. The number of nitrogens with one attached hydrogen (secondary N) is 1. The first-order valence-corrected chi connectivity index (χ1v) is 6.24. The molecule has 100 valence electrons. The third-order valence-electron chi connectivity index (χ3n) is 2.55. The molecule has 1 fully saturated rings. The number of hydrogen-bond acceptors (Lipinski definition) is 4. The summed E-state index contributed by atoms with van der Waals surface area (Å²) in [4.78, 5) is 0. The Kier molecular flexibility index (Phi) is 4.63. The fourth-order valence-electron chi connectivity index (χ4n) is 1.46. The van der Waals surface area contributed by atoms with Gasteiger partial charge in [-0.05, 0) is 12.1 Å². The Hall–Kier alpha value is -1.04. The standard InChI is InChI=1S/C12H15ClFNO3/c13-4-9(16)5-15-8-1-2-12(11(14)3-8)18-10-6-17-7-10/h1-3,9-10,15-16H,4-7H2. The highest BCUT2D eigenvalue weighted by Crippen LogP contribution is 2.23. The van der Waals surface area contributed by atoms with Crippen molar-refractivity contribution in [1.29, 1.82) is 0 Å². The summed E-state index contributed by atoms with van der Waals surface area (Å²) in [5, 5.41) is 12.2. The van der Waals surface area contributed by atoms with Crippen molar-refractivity contribution >= 4 is 17.3 Å².